The summed E-state index contributed by atoms with van der Waals surface area (Å²) in [7, 11) is 0. The van der Waals surface area contributed by atoms with Crippen molar-refractivity contribution in [2.75, 3.05) is 4.90 Å². The lowest BCUT2D eigenvalue weighted by Gasteiger charge is -2.23. The molecule has 0 saturated carbocycles. The van der Waals surface area contributed by atoms with E-state index in [1.54, 1.807) is 4.90 Å². The number of rotatable bonds is 5. The number of amides is 2. The predicted octanol–water partition coefficient (Wildman–Crippen LogP) is 3.07. The molecule has 0 aliphatic carbocycles. The quantitative estimate of drug-likeness (QED) is 0.900. The zero-order valence-corrected chi connectivity index (χ0v) is 15.4. The third kappa shape index (κ3) is 3.87. The van der Waals surface area contributed by atoms with Crippen LogP contribution in [-0.4, -0.2) is 24.0 Å². The number of nitrogens with one attached hydrogen (secondary N) is 1. The van der Waals surface area contributed by atoms with E-state index in [9.17, 15) is 9.59 Å². The van der Waals surface area contributed by atoms with E-state index in [4.69, 9.17) is 4.74 Å². The van der Waals surface area contributed by atoms with Crippen LogP contribution >= 0.6 is 0 Å². The number of carbonyl (C=O) groups excluding carboxylic acids is 2. The van der Waals surface area contributed by atoms with Gasteiger partial charge in [0.05, 0.1) is 6.10 Å². The van der Waals surface area contributed by atoms with E-state index >= 15 is 0 Å². The van der Waals surface area contributed by atoms with Crippen LogP contribution in [0.4, 0.5) is 5.69 Å². The molecule has 0 saturated heterocycles. The van der Waals surface area contributed by atoms with Crippen molar-refractivity contribution < 1.29 is 14.3 Å². The fourth-order valence-electron chi connectivity index (χ4n) is 3.25. The summed E-state index contributed by atoms with van der Waals surface area (Å²) in [4.78, 5) is 26.3. The van der Waals surface area contributed by atoms with Gasteiger partial charge in [-0.15, -0.1) is 0 Å². The lowest BCUT2D eigenvalue weighted by molar-refractivity contribution is -0.125. The second-order valence-electron chi connectivity index (χ2n) is 6.77. The lowest BCUT2D eigenvalue weighted by Crippen LogP contribution is -2.47. The Bertz CT molecular complexity index is 799. The third-order valence-electron chi connectivity index (χ3n) is 4.38. The molecule has 3 rings (SSSR count). The number of carbonyl (C=O) groups is 2. The molecule has 26 heavy (non-hydrogen) atoms. The SMILES string of the molecule is CC(=O)N1c2ccccc2C[C@@H]1C(=O)NCc1ccc(OC(C)C)cc1. The molecule has 2 aromatic carbocycles. The first-order chi connectivity index (χ1) is 12.5. The van der Waals surface area contributed by atoms with Gasteiger partial charge in [0.2, 0.25) is 11.8 Å². The van der Waals surface area contributed by atoms with Gasteiger partial charge in [-0.05, 0) is 43.2 Å². The number of ether oxygens (including phenoxy) is 1. The van der Waals surface area contributed by atoms with E-state index in [1.807, 2.05) is 62.4 Å². The fourth-order valence-corrected chi connectivity index (χ4v) is 3.25. The number of hydrogen-bond acceptors (Lipinski definition) is 3. The highest BCUT2D eigenvalue weighted by atomic mass is 16.5. The summed E-state index contributed by atoms with van der Waals surface area (Å²) in [5.41, 5.74) is 2.84. The van der Waals surface area contributed by atoms with E-state index in [0.29, 0.717) is 13.0 Å². The standard InChI is InChI=1S/C21H24N2O3/c1-14(2)26-18-10-8-16(9-11-18)13-22-21(25)20-12-17-6-4-5-7-19(17)23(20)15(3)24/h4-11,14,20H,12-13H2,1-3H3,(H,22,25)/t20-/m1/s1. The average molecular weight is 352 g/mol. The zero-order chi connectivity index (χ0) is 18.7. The number of fused-ring (bicyclic) bond motifs is 1. The molecule has 2 aromatic rings. The molecule has 136 valence electrons. The molecule has 1 heterocycles. The number of benzene rings is 2. The second-order valence-corrected chi connectivity index (χ2v) is 6.77. The maximum atomic E-state index is 12.7. The lowest BCUT2D eigenvalue weighted by atomic mass is 10.1. The Labute approximate surface area is 154 Å². The molecule has 0 unspecified atom stereocenters. The van der Waals surface area contributed by atoms with Crippen molar-refractivity contribution in [1.82, 2.24) is 5.32 Å². The molecule has 5 heteroatoms. The van der Waals surface area contributed by atoms with Gasteiger partial charge < -0.3 is 10.1 Å². The summed E-state index contributed by atoms with van der Waals surface area (Å²) >= 11 is 0. The first kappa shape index (κ1) is 18.0. The Kier molecular flexibility index (Phi) is 5.26. The van der Waals surface area contributed by atoms with Gasteiger partial charge >= 0.3 is 0 Å². The minimum absolute atomic E-state index is 0.120. The zero-order valence-electron chi connectivity index (χ0n) is 15.4. The van der Waals surface area contributed by atoms with Crippen molar-refractivity contribution in [3.05, 3.63) is 59.7 Å². The first-order valence-electron chi connectivity index (χ1n) is 8.86. The molecule has 0 spiro atoms. The number of anilines is 1. The third-order valence-corrected chi connectivity index (χ3v) is 4.38. The minimum Gasteiger partial charge on any atom is -0.491 e. The van der Waals surface area contributed by atoms with Crippen LogP contribution in [0.1, 0.15) is 31.9 Å². The van der Waals surface area contributed by atoms with Crippen LogP contribution in [-0.2, 0) is 22.6 Å². The van der Waals surface area contributed by atoms with Crippen LogP contribution in [0.15, 0.2) is 48.5 Å². The van der Waals surface area contributed by atoms with Gasteiger partial charge in [0.1, 0.15) is 11.8 Å². The van der Waals surface area contributed by atoms with E-state index in [-0.39, 0.29) is 17.9 Å². The summed E-state index contributed by atoms with van der Waals surface area (Å²) in [5, 5.41) is 2.95. The van der Waals surface area contributed by atoms with Crippen molar-refractivity contribution in [2.45, 2.75) is 45.9 Å². The summed E-state index contributed by atoms with van der Waals surface area (Å²) in [6.45, 7) is 5.87. The largest absolute Gasteiger partial charge is 0.491 e. The number of para-hydroxylation sites is 1. The van der Waals surface area contributed by atoms with Crippen molar-refractivity contribution in [2.24, 2.45) is 0 Å². The monoisotopic (exact) mass is 352 g/mol. The van der Waals surface area contributed by atoms with Gasteiger partial charge in [0.15, 0.2) is 0 Å². The Morgan fingerprint density at radius 2 is 1.85 bits per heavy atom. The Morgan fingerprint density at radius 3 is 2.50 bits per heavy atom. The van der Waals surface area contributed by atoms with Gasteiger partial charge in [0.25, 0.3) is 0 Å². The highest BCUT2D eigenvalue weighted by Gasteiger charge is 2.36. The van der Waals surface area contributed by atoms with Crippen LogP contribution in [0.25, 0.3) is 0 Å². The van der Waals surface area contributed by atoms with Crippen LogP contribution in [0, 0.1) is 0 Å². The Balaban J connectivity index is 1.64. The molecular formula is C21H24N2O3. The van der Waals surface area contributed by atoms with Crippen molar-refractivity contribution in [3.8, 4) is 5.75 Å². The predicted molar refractivity (Wildman–Crippen MR) is 101 cm³/mol. The Morgan fingerprint density at radius 1 is 1.15 bits per heavy atom. The smallest absolute Gasteiger partial charge is 0.243 e. The number of hydrogen-bond donors (Lipinski definition) is 1. The van der Waals surface area contributed by atoms with Crippen LogP contribution < -0.4 is 15.0 Å². The summed E-state index contributed by atoms with van der Waals surface area (Å²) in [6.07, 6.45) is 0.671. The summed E-state index contributed by atoms with van der Waals surface area (Å²) in [5.74, 6) is 0.549. The molecule has 0 bridgehead atoms. The van der Waals surface area contributed by atoms with Crippen LogP contribution in [0.3, 0.4) is 0 Å². The van der Waals surface area contributed by atoms with E-state index in [1.165, 1.54) is 6.92 Å². The highest BCUT2D eigenvalue weighted by Crippen LogP contribution is 2.32. The summed E-state index contributed by atoms with van der Waals surface area (Å²) < 4.78 is 5.62. The molecule has 1 aliphatic heterocycles. The topological polar surface area (TPSA) is 58.6 Å². The van der Waals surface area contributed by atoms with Gasteiger partial charge in [0, 0.05) is 25.6 Å². The van der Waals surface area contributed by atoms with Gasteiger partial charge in [-0.2, -0.15) is 0 Å². The maximum absolute atomic E-state index is 12.7. The highest BCUT2D eigenvalue weighted by molar-refractivity contribution is 6.02. The molecule has 1 atom stereocenters. The first-order valence-corrected chi connectivity index (χ1v) is 8.86. The van der Waals surface area contributed by atoms with E-state index < -0.39 is 6.04 Å². The molecule has 5 nitrogen and oxygen atoms in total. The van der Waals surface area contributed by atoms with Gasteiger partial charge in [-0.1, -0.05) is 30.3 Å². The van der Waals surface area contributed by atoms with Gasteiger partial charge in [-0.25, -0.2) is 0 Å². The van der Waals surface area contributed by atoms with Gasteiger partial charge in [-0.3, -0.25) is 14.5 Å². The molecular weight excluding hydrogens is 328 g/mol. The maximum Gasteiger partial charge on any atom is 0.243 e. The van der Waals surface area contributed by atoms with Crippen LogP contribution in [0.5, 0.6) is 5.75 Å². The molecule has 0 radical (unpaired) electrons. The minimum atomic E-state index is -0.492. The molecule has 1 aliphatic rings. The van der Waals surface area contributed by atoms with E-state index in [0.717, 1.165) is 22.6 Å². The number of nitrogens with zero attached hydrogens (tertiary/aromatic N) is 1. The molecule has 0 fully saturated rings. The van der Waals surface area contributed by atoms with Crippen molar-refractivity contribution >= 4 is 17.5 Å². The average Bonchev–Trinajstić information content (AvgIpc) is 3.00. The normalized spacial score (nSPS) is 15.7. The van der Waals surface area contributed by atoms with Crippen molar-refractivity contribution in [1.29, 1.82) is 0 Å². The van der Waals surface area contributed by atoms with Crippen LogP contribution in [0.2, 0.25) is 0 Å². The summed E-state index contributed by atoms with van der Waals surface area (Å²) in [6, 6.07) is 14.8. The molecule has 2 amide bonds. The molecule has 1 N–H and O–H groups in total. The second kappa shape index (κ2) is 7.60. The Hall–Kier alpha value is -2.82. The van der Waals surface area contributed by atoms with Crippen molar-refractivity contribution in [3.63, 3.8) is 0 Å². The van der Waals surface area contributed by atoms with E-state index in [2.05, 4.69) is 5.32 Å². The fraction of sp³-hybridized carbons (Fsp3) is 0.333. The molecule has 0 aromatic heterocycles.